The molecular weight excluding hydrogens is 261 g/mol. The zero-order valence-corrected chi connectivity index (χ0v) is 10.0. The number of hydrogen-bond acceptors (Lipinski definition) is 3. The minimum atomic E-state index is -0.352. The molecule has 0 aliphatic rings. The summed E-state index contributed by atoms with van der Waals surface area (Å²) in [6.45, 7) is 0. The maximum atomic E-state index is 11.8. The highest BCUT2D eigenvalue weighted by Gasteiger charge is 2.08. The number of hydrogen-bond donors (Lipinski definition) is 1. The molecule has 0 saturated carbocycles. The molecule has 1 amide bonds. The fourth-order valence-electron chi connectivity index (χ4n) is 1.21. The first kappa shape index (κ1) is 11.8. The molecule has 0 aliphatic heterocycles. The van der Waals surface area contributed by atoms with Crippen molar-refractivity contribution in [2.45, 2.75) is 0 Å². The van der Waals surface area contributed by atoms with Gasteiger partial charge < -0.3 is 5.32 Å². The first-order valence-electron chi connectivity index (χ1n) is 4.70. The van der Waals surface area contributed by atoms with Gasteiger partial charge in [0.1, 0.15) is 16.0 Å². The molecule has 0 aromatic carbocycles. The number of carbonyl (C=O) groups is 1. The number of anilines is 1. The molecule has 4 nitrogen and oxygen atoms in total. The molecule has 6 heteroatoms. The Balaban J connectivity index is 2.17. The Labute approximate surface area is 108 Å². The second-order valence-electron chi connectivity index (χ2n) is 3.17. The van der Waals surface area contributed by atoms with Gasteiger partial charge in [-0.2, -0.15) is 0 Å². The SMILES string of the molecule is O=C(Nc1ccnc(Cl)c1)c1cccc(Cl)n1. The van der Waals surface area contributed by atoms with Gasteiger partial charge in [-0.05, 0) is 24.3 Å². The van der Waals surface area contributed by atoms with Crippen molar-refractivity contribution >= 4 is 34.8 Å². The molecule has 2 aromatic rings. The zero-order chi connectivity index (χ0) is 12.3. The van der Waals surface area contributed by atoms with Gasteiger partial charge in [0.2, 0.25) is 0 Å². The van der Waals surface area contributed by atoms with Crippen molar-refractivity contribution in [3.05, 3.63) is 52.5 Å². The average molecular weight is 268 g/mol. The lowest BCUT2D eigenvalue weighted by molar-refractivity contribution is 0.102. The van der Waals surface area contributed by atoms with Crippen LogP contribution in [0, 0.1) is 0 Å². The summed E-state index contributed by atoms with van der Waals surface area (Å²) in [5.74, 6) is -0.352. The third-order valence-electron chi connectivity index (χ3n) is 1.93. The lowest BCUT2D eigenvalue weighted by Crippen LogP contribution is -2.13. The van der Waals surface area contributed by atoms with Gasteiger partial charge in [-0.3, -0.25) is 4.79 Å². The minimum absolute atomic E-state index is 0.241. The molecule has 0 unspecified atom stereocenters. The standard InChI is InChI=1S/C11H7Cl2N3O/c12-9-3-1-2-8(16-9)11(17)15-7-4-5-14-10(13)6-7/h1-6H,(H,14,15,17). The predicted octanol–water partition coefficient (Wildman–Crippen LogP) is 3.04. The van der Waals surface area contributed by atoms with E-state index < -0.39 is 0 Å². The van der Waals surface area contributed by atoms with Gasteiger partial charge in [-0.15, -0.1) is 0 Å². The molecule has 2 aromatic heterocycles. The number of carbonyl (C=O) groups excluding carboxylic acids is 1. The molecule has 2 rings (SSSR count). The maximum absolute atomic E-state index is 11.8. The van der Waals surface area contributed by atoms with Crippen molar-refractivity contribution < 1.29 is 4.79 Å². The summed E-state index contributed by atoms with van der Waals surface area (Å²) in [5.41, 5.74) is 0.794. The molecule has 0 fully saturated rings. The number of halogens is 2. The molecule has 0 bridgehead atoms. The van der Waals surface area contributed by atoms with Crippen LogP contribution in [0.5, 0.6) is 0 Å². The fraction of sp³-hybridized carbons (Fsp3) is 0. The van der Waals surface area contributed by atoms with E-state index in [2.05, 4.69) is 15.3 Å². The van der Waals surface area contributed by atoms with E-state index in [1.807, 2.05) is 0 Å². The van der Waals surface area contributed by atoms with E-state index in [-0.39, 0.29) is 16.8 Å². The molecule has 0 aliphatic carbocycles. The van der Waals surface area contributed by atoms with E-state index in [0.29, 0.717) is 10.8 Å². The third kappa shape index (κ3) is 3.15. The average Bonchev–Trinajstić information content (AvgIpc) is 2.29. The van der Waals surface area contributed by atoms with Crippen LogP contribution in [-0.2, 0) is 0 Å². The van der Waals surface area contributed by atoms with Crippen LogP contribution in [0.1, 0.15) is 10.5 Å². The number of nitrogens with zero attached hydrogens (tertiary/aromatic N) is 2. The molecule has 0 radical (unpaired) electrons. The Hall–Kier alpha value is -1.65. The third-order valence-corrected chi connectivity index (χ3v) is 2.35. The van der Waals surface area contributed by atoms with Crippen molar-refractivity contribution in [2.75, 3.05) is 5.32 Å². The highest BCUT2D eigenvalue weighted by Crippen LogP contribution is 2.13. The van der Waals surface area contributed by atoms with E-state index in [4.69, 9.17) is 23.2 Å². The van der Waals surface area contributed by atoms with Crippen molar-refractivity contribution in [3.8, 4) is 0 Å². The summed E-state index contributed by atoms with van der Waals surface area (Å²) in [7, 11) is 0. The number of aromatic nitrogens is 2. The molecule has 2 heterocycles. The summed E-state index contributed by atoms with van der Waals surface area (Å²) in [6.07, 6.45) is 1.50. The Kier molecular flexibility index (Phi) is 3.56. The number of pyridine rings is 2. The Morgan fingerprint density at radius 3 is 2.71 bits per heavy atom. The van der Waals surface area contributed by atoms with Gasteiger partial charge in [-0.25, -0.2) is 9.97 Å². The summed E-state index contributed by atoms with van der Waals surface area (Å²) < 4.78 is 0. The van der Waals surface area contributed by atoms with Crippen LogP contribution >= 0.6 is 23.2 Å². The van der Waals surface area contributed by atoms with Gasteiger partial charge in [-0.1, -0.05) is 29.3 Å². The molecule has 17 heavy (non-hydrogen) atoms. The number of rotatable bonds is 2. The molecule has 0 spiro atoms. The molecule has 0 saturated heterocycles. The lowest BCUT2D eigenvalue weighted by atomic mass is 10.3. The van der Waals surface area contributed by atoms with Crippen LogP contribution in [0.25, 0.3) is 0 Å². The Morgan fingerprint density at radius 2 is 2.00 bits per heavy atom. The van der Waals surface area contributed by atoms with Crippen LogP contribution in [0.4, 0.5) is 5.69 Å². The normalized spacial score (nSPS) is 10.0. The summed E-state index contributed by atoms with van der Waals surface area (Å²) in [6, 6.07) is 8.01. The predicted molar refractivity (Wildman–Crippen MR) is 66.4 cm³/mol. The summed E-state index contributed by atoms with van der Waals surface area (Å²) in [4.78, 5) is 19.5. The van der Waals surface area contributed by atoms with E-state index in [1.54, 1.807) is 30.3 Å². The monoisotopic (exact) mass is 267 g/mol. The summed E-state index contributed by atoms with van der Waals surface area (Å²) in [5, 5.41) is 3.22. The van der Waals surface area contributed by atoms with E-state index in [1.165, 1.54) is 6.20 Å². The Bertz CT molecular complexity index is 560. The molecular formula is C11H7Cl2N3O. The second-order valence-corrected chi connectivity index (χ2v) is 3.94. The van der Waals surface area contributed by atoms with Crippen LogP contribution in [0.2, 0.25) is 10.3 Å². The first-order valence-corrected chi connectivity index (χ1v) is 5.46. The van der Waals surface area contributed by atoms with Gasteiger partial charge in [0.25, 0.3) is 5.91 Å². The second kappa shape index (κ2) is 5.12. The number of amides is 1. The quantitative estimate of drug-likeness (QED) is 0.851. The van der Waals surface area contributed by atoms with Crippen LogP contribution in [-0.4, -0.2) is 15.9 Å². The first-order chi connectivity index (χ1) is 8.15. The van der Waals surface area contributed by atoms with Crippen LogP contribution in [0.3, 0.4) is 0 Å². The van der Waals surface area contributed by atoms with Gasteiger partial charge in [0.15, 0.2) is 0 Å². The maximum Gasteiger partial charge on any atom is 0.274 e. The number of nitrogens with one attached hydrogen (secondary N) is 1. The van der Waals surface area contributed by atoms with Crippen molar-refractivity contribution in [3.63, 3.8) is 0 Å². The Morgan fingerprint density at radius 1 is 1.18 bits per heavy atom. The van der Waals surface area contributed by atoms with Crippen LogP contribution < -0.4 is 5.32 Å². The smallest absolute Gasteiger partial charge is 0.274 e. The van der Waals surface area contributed by atoms with Gasteiger partial charge in [0.05, 0.1) is 0 Å². The topological polar surface area (TPSA) is 54.9 Å². The fourth-order valence-corrected chi connectivity index (χ4v) is 1.55. The molecule has 1 N–H and O–H groups in total. The zero-order valence-electron chi connectivity index (χ0n) is 8.52. The van der Waals surface area contributed by atoms with E-state index >= 15 is 0 Å². The van der Waals surface area contributed by atoms with Crippen LogP contribution in [0.15, 0.2) is 36.5 Å². The van der Waals surface area contributed by atoms with Gasteiger partial charge >= 0.3 is 0 Å². The molecule has 0 atom stereocenters. The van der Waals surface area contributed by atoms with Crippen molar-refractivity contribution in [2.24, 2.45) is 0 Å². The highest BCUT2D eigenvalue weighted by molar-refractivity contribution is 6.30. The van der Waals surface area contributed by atoms with Crippen molar-refractivity contribution in [1.29, 1.82) is 0 Å². The van der Waals surface area contributed by atoms with Gasteiger partial charge in [0, 0.05) is 11.9 Å². The highest BCUT2D eigenvalue weighted by atomic mass is 35.5. The van der Waals surface area contributed by atoms with E-state index in [9.17, 15) is 4.79 Å². The summed E-state index contributed by atoms with van der Waals surface area (Å²) >= 11 is 11.4. The largest absolute Gasteiger partial charge is 0.320 e. The van der Waals surface area contributed by atoms with E-state index in [0.717, 1.165) is 0 Å². The molecule has 86 valence electrons. The minimum Gasteiger partial charge on any atom is -0.320 e. The lowest BCUT2D eigenvalue weighted by Gasteiger charge is -2.04. The van der Waals surface area contributed by atoms with Crippen molar-refractivity contribution in [1.82, 2.24) is 9.97 Å².